The van der Waals surface area contributed by atoms with Crippen molar-refractivity contribution in [3.8, 4) is 17.2 Å². The fourth-order valence-electron chi connectivity index (χ4n) is 6.64. The molecule has 4 amide bonds. The zero-order valence-electron chi connectivity index (χ0n) is 25.9. The minimum atomic E-state index is -4.92. The van der Waals surface area contributed by atoms with Crippen molar-refractivity contribution in [2.45, 2.75) is 55.5 Å². The van der Waals surface area contributed by atoms with Crippen LogP contribution < -0.4 is 5.32 Å². The molecule has 1 aliphatic carbocycles. The molecule has 6 rings (SSSR count). The lowest BCUT2D eigenvalue weighted by atomic mass is 9.86. The second kappa shape index (κ2) is 10.8. The van der Waals surface area contributed by atoms with Crippen LogP contribution in [0.2, 0.25) is 0 Å². The highest BCUT2D eigenvalue weighted by molar-refractivity contribution is 6.10. The number of benzene rings is 2. The average molecular weight is 674 g/mol. The van der Waals surface area contributed by atoms with E-state index in [1.807, 2.05) is 0 Å². The van der Waals surface area contributed by atoms with E-state index in [4.69, 9.17) is 0 Å². The summed E-state index contributed by atoms with van der Waals surface area (Å²) in [5.74, 6) is -6.72. The lowest BCUT2D eigenvalue weighted by molar-refractivity contribution is -0.268. The summed E-state index contributed by atoms with van der Waals surface area (Å²) in [5.41, 5.74) is -5.87. The van der Waals surface area contributed by atoms with E-state index in [1.165, 1.54) is 53.3 Å². The number of carbonyl (C=O) groups excluding carboxylic acids is 3. The third-order valence-corrected chi connectivity index (χ3v) is 9.25. The number of amides is 4. The second-order valence-electron chi connectivity index (χ2n) is 13.0. The number of urea groups is 1. The van der Waals surface area contributed by atoms with Gasteiger partial charge in [-0.1, -0.05) is 24.3 Å². The molecule has 0 unspecified atom stereocenters. The Morgan fingerprint density at radius 1 is 1.06 bits per heavy atom. The number of fused-ring (bicyclic) bond motifs is 2. The molecule has 3 aromatic rings. The zero-order valence-corrected chi connectivity index (χ0v) is 25.9. The average Bonchev–Trinajstić information content (AvgIpc) is 3.65. The molecule has 0 saturated carbocycles. The number of nitrogens with zero attached hydrogens (tertiary/aromatic N) is 6. The quantitative estimate of drug-likeness (QED) is 0.293. The van der Waals surface area contributed by atoms with Crippen molar-refractivity contribution in [2.75, 3.05) is 26.7 Å². The van der Waals surface area contributed by atoms with E-state index in [0.717, 1.165) is 18.2 Å². The molecule has 2 aromatic carbocycles. The summed E-state index contributed by atoms with van der Waals surface area (Å²) in [6.07, 6.45) is -3.19. The highest BCUT2D eigenvalue weighted by atomic mass is 19.4. The van der Waals surface area contributed by atoms with E-state index in [9.17, 15) is 37.2 Å². The molecular formula is C32H29F6N7O3. The monoisotopic (exact) mass is 673 g/mol. The van der Waals surface area contributed by atoms with Crippen LogP contribution in [-0.2, 0) is 33.1 Å². The molecule has 16 heteroatoms. The number of likely N-dealkylation sites (tertiary alicyclic amines) is 1. The first-order valence-electron chi connectivity index (χ1n) is 14.8. The van der Waals surface area contributed by atoms with Crippen LogP contribution in [-0.4, -0.2) is 80.7 Å². The van der Waals surface area contributed by atoms with Gasteiger partial charge in [0.25, 0.3) is 11.8 Å². The fourth-order valence-corrected chi connectivity index (χ4v) is 6.64. The van der Waals surface area contributed by atoms with Crippen LogP contribution in [0.25, 0.3) is 11.1 Å². The number of likely N-dealkylation sites (N-methyl/N-ethyl adjacent to an activating group) is 1. The van der Waals surface area contributed by atoms with Gasteiger partial charge in [0, 0.05) is 37.0 Å². The van der Waals surface area contributed by atoms with Crippen molar-refractivity contribution < 1.29 is 40.7 Å². The molecule has 2 fully saturated rings. The number of hydrogen-bond donors (Lipinski definition) is 1. The Balaban J connectivity index is 1.31. The maximum Gasteiger partial charge on any atom is 0.414 e. The first-order chi connectivity index (χ1) is 22.3. The summed E-state index contributed by atoms with van der Waals surface area (Å²) < 4.78 is 89.8. The predicted molar refractivity (Wildman–Crippen MR) is 156 cm³/mol. The number of nitrogens with one attached hydrogen (secondary N) is 1. The van der Waals surface area contributed by atoms with Crippen molar-refractivity contribution in [1.82, 2.24) is 29.8 Å². The molecule has 3 heterocycles. The molecule has 3 aliphatic rings. The molecule has 2 aliphatic heterocycles. The Morgan fingerprint density at radius 3 is 2.33 bits per heavy atom. The van der Waals surface area contributed by atoms with Gasteiger partial charge >= 0.3 is 12.2 Å². The Morgan fingerprint density at radius 2 is 1.73 bits per heavy atom. The third kappa shape index (κ3) is 5.07. The minimum absolute atomic E-state index is 0.165. The van der Waals surface area contributed by atoms with E-state index >= 15 is 8.78 Å². The van der Waals surface area contributed by atoms with Gasteiger partial charge in [-0.15, -0.1) is 0 Å². The summed E-state index contributed by atoms with van der Waals surface area (Å²) in [6.45, 7) is 0.273. The molecule has 48 heavy (non-hydrogen) atoms. The van der Waals surface area contributed by atoms with Crippen LogP contribution in [0, 0.1) is 17.1 Å². The summed E-state index contributed by atoms with van der Waals surface area (Å²) in [6, 6.07) is 9.20. The number of carbonyl (C=O) groups is 3. The number of nitriles is 1. The standard InChI is InChI=1S/C32H29F6N7O3/c1-28(2,16-39)45-13-21(11-40-45)20-6-9-23-24(10-20)31(34,35)15-30(23)26(47)43(27(48)41-30)14-25(46)44(12-19-4-7-22(33)8-5-19)29(32(36,37)38)17-42(3)18-29/h4-11,13H,12,14-15,17-18H2,1-3H3,(H,41,48)/t30-/m0/s1. The molecule has 0 bridgehead atoms. The van der Waals surface area contributed by atoms with Crippen LogP contribution in [0.3, 0.4) is 0 Å². The van der Waals surface area contributed by atoms with Gasteiger partial charge < -0.3 is 15.1 Å². The number of alkyl halides is 5. The highest BCUT2D eigenvalue weighted by Gasteiger charge is 2.67. The van der Waals surface area contributed by atoms with Gasteiger partial charge in [0.1, 0.15) is 17.9 Å². The van der Waals surface area contributed by atoms with Crippen LogP contribution >= 0.6 is 0 Å². The molecule has 252 valence electrons. The molecule has 0 radical (unpaired) electrons. The summed E-state index contributed by atoms with van der Waals surface area (Å²) >= 11 is 0. The van der Waals surface area contributed by atoms with E-state index in [1.54, 1.807) is 13.8 Å². The lowest BCUT2D eigenvalue weighted by Crippen LogP contribution is -2.77. The molecule has 10 nitrogen and oxygen atoms in total. The van der Waals surface area contributed by atoms with Crippen molar-refractivity contribution >= 4 is 17.8 Å². The molecule has 1 N–H and O–H groups in total. The van der Waals surface area contributed by atoms with Gasteiger partial charge in [-0.2, -0.15) is 23.5 Å². The van der Waals surface area contributed by atoms with Gasteiger partial charge in [-0.3, -0.25) is 19.2 Å². The van der Waals surface area contributed by atoms with Gasteiger partial charge in [0.15, 0.2) is 11.1 Å². The number of rotatable bonds is 7. The minimum Gasteiger partial charge on any atom is -0.320 e. The zero-order chi connectivity index (χ0) is 35.0. The van der Waals surface area contributed by atoms with Crippen molar-refractivity contribution in [3.05, 3.63) is 77.4 Å². The smallest absolute Gasteiger partial charge is 0.320 e. The highest BCUT2D eigenvalue weighted by Crippen LogP contribution is 2.53. The van der Waals surface area contributed by atoms with E-state index in [0.29, 0.717) is 20.9 Å². The first kappa shape index (κ1) is 33.0. The van der Waals surface area contributed by atoms with Crippen LogP contribution in [0.1, 0.15) is 37.0 Å². The Labute approximate surface area is 270 Å². The maximum atomic E-state index is 15.6. The van der Waals surface area contributed by atoms with E-state index in [2.05, 4.69) is 16.5 Å². The first-order valence-corrected chi connectivity index (χ1v) is 14.8. The van der Waals surface area contributed by atoms with Gasteiger partial charge in [0.2, 0.25) is 5.91 Å². The molecule has 1 atom stereocenters. The van der Waals surface area contributed by atoms with Crippen molar-refractivity contribution in [2.24, 2.45) is 0 Å². The third-order valence-electron chi connectivity index (χ3n) is 9.25. The topological polar surface area (TPSA) is 115 Å². The van der Waals surface area contributed by atoms with Crippen molar-refractivity contribution in [3.63, 3.8) is 0 Å². The predicted octanol–water partition coefficient (Wildman–Crippen LogP) is 4.47. The number of aromatic nitrogens is 2. The van der Waals surface area contributed by atoms with E-state index in [-0.39, 0.29) is 11.1 Å². The van der Waals surface area contributed by atoms with Crippen LogP contribution in [0.5, 0.6) is 0 Å². The number of hydrogen-bond acceptors (Lipinski definition) is 6. The second-order valence-corrected chi connectivity index (χ2v) is 13.0. The number of imide groups is 1. The van der Waals surface area contributed by atoms with Gasteiger partial charge in [-0.05, 0) is 55.8 Å². The Hall–Kier alpha value is -4.91. The summed E-state index contributed by atoms with van der Waals surface area (Å²) in [4.78, 5) is 43.0. The van der Waals surface area contributed by atoms with Crippen LogP contribution in [0.15, 0.2) is 54.9 Å². The van der Waals surface area contributed by atoms with Gasteiger partial charge in [0.05, 0.1) is 18.7 Å². The molecule has 1 spiro atoms. The van der Waals surface area contributed by atoms with Crippen LogP contribution in [0.4, 0.5) is 31.1 Å². The van der Waals surface area contributed by atoms with E-state index < -0.39 is 90.5 Å². The number of halogens is 6. The maximum absolute atomic E-state index is 15.6. The Bertz CT molecular complexity index is 1860. The van der Waals surface area contributed by atoms with Gasteiger partial charge in [-0.25, -0.2) is 18.0 Å². The molecule has 1 aromatic heterocycles. The fraction of sp³-hybridized carbons (Fsp3) is 0.406. The Kier molecular flexibility index (Phi) is 7.43. The lowest BCUT2D eigenvalue weighted by Gasteiger charge is -2.55. The molecular weight excluding hydrogens is 644 g/mol. The normalized spacial score (nSPS) is 21.5. The summed E-state index contributed by atoms with van der Waals surface area (Å²) in [7, 11) is 1.42. The van der Waals surface area contributed by atoms with Crippen molar-refractivity contribution in [1.29, 1.82) is 5.26 Å². The summed E-state index contributed by atoms with van der Waals surface area (Å²) in [5, 5.41) is 15.8. The largest absolute Gasteiger partial charge is 0.414 e. The SMILES string of the molecule is CN1CC(N(Cc2ccc(F)cc2)C(=O)CN2C(=O)N[C@]3(CC(F)(F)c4cc(-c5cnn(C(C)(C)C#N)c5)ccc43)C2=O)(C(F)(F)F)C1. The molecule has 2 saturated heterocycles.